The van der Waals surface area contributed by atoms with Gasteiger partial charge in [-0.3, -0.25) is 27.9 Å². The SMILES string of the molecule is Nc1nc2c(ncn2[C@@H]2O[C@@H]3CO[P@@](=O)(S)O[C@@H]4[C@@H](CO[P@@](=O)(S)O[C@@H]2[C@@H]3CO)C[C@@H](n2cnc3c(N)ncnc32)[C@@H]4O)c(=O)[nH]1. The van der Waals surface area contributed by atoms with E-state index in [1.54, 1.807) is 4.57 Å². The molecular formula is C22H28N10O10P2S2. The van der Waals surface area contributed by atoms with Crippen molar-refractivity contribution in [2.45, 2.75) is 43.1 Å². The molecule has 0 amide bonds. The monoisotopic (exact) mass is 718 g/mol. The Labute approximate surface area is 268 Å². The highest BCUT2D eigenvalue weighted by atomic mass is 32.7. The first-order chi connectivity index (χ1) is 21.9. The second-order valence-corrected chi connectivity index (χ2v) is 16.7. The minimum absolute atomic E-state index is 0.0187. The van der Waals surface area contributed by atoms with Gasteiger partial charge in [-0.1, -0.05) is 24.5 Å². The van der Waals surface area contributed by atoms with E-state index in [4.69, 9.17) is 34.3 Å². The number of ether oxygens (including phenoxy) is 1. The Bertz CT molecular complexity index is 1960. The summed E-state index contributed by atoms with van der Waals surface area (Å²) in [7, 11) is 0. The molecule has 10 atom stereocenters. The van der Waals surface area contributed by atoms with Crippen LogP contribution in [0.4, 0.5) is 11.8 Å². The average molecular weight is 719 g/mol. The number of aromatic amines is 1. The van der Waals surface area contributed by atoms with Gasteiger partial charge in [0.2, 0.25) is 5.95 Å². The average Bonchev–Trinajstić information content (AvgIpc) is 3.75. The molecular weight excluding hydrogens is 690 g/mol. The first kappa shape index (κ1) is 32.0. The number of aliphatic hydroxyl groups is 2. The zero-order valence-electron chi connectivity index (χ0n) is 23.4. The predicted molar refractivity (Wildman–Crippen MR) is 165 cm³/mol. The summed E-state index contributed by atoms with van der Waals surface area (Å²) in [5.74, 6) is -1.73. The normalized spacial score (nSPS) is 37.1. The second-order valence-electron chi connectivity index (χ2n) is 11.0. The van der Waals surface area contributed by atoms with Crippen LogP contribution in [0, 0.1) is 11.8 Å². The van der Waals surface area contributed by atoms with Gasteiger partial charge in [-0.15, -0.1) is 0 Å². The van der Waals surface area contributed by atoms with Gasteiger partial charge in [-0.25, -0.2) is 29.1 Å². The summed E-state index contributed by atoms with van der Waals surface area (Å²) >= 11 is 8.35. The number of fused-ring (bicyclic) bond motifs is 5. The van der Waals surface area contributed by atoms with Crippen molar-refractivity contribution in [1.29, 1.82) is 0 Å². The molecule has 248 valence electrons. The maximum Gasteiger partial charge on any atom is 0.386 e. The molecule has 4 aromatic heterocycles. The van der Waals surface area contributed by atoms with Crippen LogP contribution >= 0.6 is 38.1 Å². The standard InChI is InChI=1S/C22H28N10O10P2S2/c23-17-12-18(26-5-25-17)31(6-27-12)10-1-8-3-38-43(36,45)42-16-9(2-33)11(4-39-44(37,46)41-15(8)14(10)34)40-21(16)32-7-28-13-19(32)29-22(24)30-20(13)35/h5-11,14-16,21,33-34H,1-4H2,(H,36,45)(H,37,46)(H2,23,25,26)(H3,24,29,30,35)/t8-,9-,10-,11-,14+,15-,16-,21-,43-,44-/m1/s1. The number of aliphatic hydroxyl groups excluding tert-OH is 2. The van der Waals surface area contributed by atoms with Gasteiger partial charge in [0.25, 0.3) is 5.56 Å². The topological polar surface area (TPSA) is 280 Å². The maximum absolute atomic E-state index is 13.7. The van der Waals surface area contributed by atoms with Crippen LogP contribution in [0.15, 0.2) is 23.8 Å². The van der Waals surface area contributed by atoms with Crippen LogP contribution in [-0.4, -0.2) is 93.5 Å². The summed E-state index contributed by atoms with van der Waals surface area (Å²) in [5, 5.41) is 21.8. The number of hydrogen-bond acceptors (Lipinski definition) is 17. The third-order valence-electron chi connectivity index (χ3n) is 8.28. The number of nitrogens with two attached hydrogens (primary N) is 2. The van der Waals surface area contributed by atoms with E-state index in [1.165, 1.54) is 23.5 Å². The molecule has 3 aliphatic rings. The van der Waals surface area contributed by atoms with Gasteiger partial charge < -0.3 is 35.5 Å². The highest BCUT2D eigenvalue weighted by molar-refractivity contribution is 8.44. The van der Waals surface area contributed by atoms with Crippen molar-refractivity contribution in [2.24, 2.45) is 11.8 Å². The molecule has 46 heavy (non-hydrogen) atoms. The van der Waals surface area contributed by atoms with Gasteiger partial charge in [-0.05, 0) is 6.42 Å². The number of thiol groups is 2. The molecule has 20 nitrogen and oxygen atoms in total. The molecule has 2 bridgehead atoms. The summed E-state index contributed by atoms with van der Waals surface area (Å²) < 4.78 is 59.4. The first-order valence-corrected chi connectivity index (χ1v) is 19.2. The molecule has 7 N–H and O–H groups in total. The number of nitrogens with one attached hydrogen (secondary N) is 1. The van der Waals surface area contributed by atoms with E-state index in [0.717, 1.165) is 0 Å². The fourth-order valence-electron chi connectivity index (χ4n) is 6.16. The number of nitrogen functional groups attached to an aromatic ring is 2. The number of hydrogen-bond donors (Lipinski definition) is 7. The largest absolute Gasteiger partial charge is 0.396 e. The van der Waals surface area contributed by atoms with Gasteiger partial charge >= 0.3 is 13.6 Å². The first-order valence-electron chi connectivity index (χ1n) is 13.8. The lowest BCUT2D eigenvalue weighted by Gasteiger charge is -2.28. The number of imidazole rings is 2. The Hall–Kier alpha value is -2.62. The van der Waals surface area contributed by atoms with E-state index >= 15 is 0 Å². The molecule has 4 aromatic rings. The summed E-state index contributed by atoms with van der Waals surface area (Å²) in [6, 6.07) is -0.723. The molecule has 0 unspecified atom stereocenters. The summed E-state index contributed by atoms with van der Waals surface area (Å²) in [5.41, 5.74) is 11.7. The molecule has 24 heteroatoms. The minimum atomic E-state index is -4.26. The minimum Gasteiger partial charge on any atom is -0.396 e. The van der Waals surface area contributed by atoms with Crippen molar-refractivity contribution >= 4 is 72.2 Å². The molecule has 3 fully saturated rings. The van der Waals surface area contributed by atoms with Crippen LogP contribution in [0.5, 0.6) is 0 Å². The molecule has 1 saturated carbocycles. The summed E-state index contributed by atoms with van der Waals surface area (Å²) in [6.07, 6.45) is -1.89. The Morgan fingerprint density at radius 2 is 1.67 bits per heavy atom. The van der Waals surface area contributed by atoms with E-state index in [-0.39, 0.29) is 36.0 Å². The van der Waals surface area contributed by atoms with Crippen molar-refractivity contribution in [3.63, 3.8) is 0 Å². The highest BCUT2D eigenvalue weighted by Gasteiger charge is 2.52. The quantitative estimate of drug-likeness (QED) is 0.112. The number of anilines is 2. The van der Waals surface area contributed by atoms with E-state index in [9.17, 15) is 24.1 Å². The van der Waals surface area contributed by atoms with Crippen LogP contribution in [0.3, 0.4) is 0 Å². The molecule has 0 radical (unpaired) electrons. The van der Waals surface area contributed by atoms with Gasteiger partial charge in [0.1, 0.15) is 30.2 Å². The summed E-state index contributed by atoms with van der Waals surface area (Å²) in [4.78, 5) is 35.4. The molecule has 1 aliphatic carbocycles. The van der Waals surface area contributed by atoms with Crippen molar-refractivity contribution in [1.82, 2.24) is 39.0 Å². The molecule has 2 saturated heterocycles. The van der Waals surface area contributed by atoms with E-state index < -0.39 is 80.9 Å². The van der Waals surface area contributed by atoms with E-state index in [2.05, 4.69) is 54.4 Å². The smallest absolute Gasteiger partial charge is 0.386 e. The lowest BCUT2D eigenvalue weighted by Crippen LogP contribution is -2.33. The lowest BCUT2D eigenvalue weighted by molar-refractivity contribution is -0.0501. The van der Waals surface area contributed by atoms with Gasteiger partial charge in [-0.2, -0.15) is 4.98 Å². The maximum atomic E-state index is 13.7. The van der Waals surface area contributed by atoms with Crippen LogP contribution < -0.4 is 17.0 Å². The number of H-pyrrole nitrogens is 1. The zero-order chi connectivity index (χ0) is 32.5. The Kier molecular flexibility index (Phi) is 8.21. The van der Waals surface area contributed by atoms with Crippen molar-refractivity contribution < 1.29 is 42.2 Å². The number of nitrogens with zero attached hydrogens (tertiary/aromatic N) is 7. The fourth-order valence-corrected chi connectivity index (χ4v) is 9.22. The highest BCUT2D eigenvalue weighted by Crippen LogP contribution is 2.61. The molecule has 2 aliphatic heterocycles. The van der Waals surface area contributed by atoms with Crippen molar-refractivity contribution in [3.05, 3.63) is 29.3 Å². The Morgan fingerprint density at radius 3 is 2.43 bits per heavy atom. The number of aromatic nitrogens is 8. The third kappa shape index (κ3) is 5.64. The molecule has 7 rings (SSSR count). The molecule has 6 heterocycles. The van der Waals surface area contributed by atoms with Crippen LogP contribution in [0.2, 0.25) is 0 Å². The Morgan fingerprint density at radius 1 is 0.978 bits per heavy atom. The van der Waals surface area contributed by atoms with Gasteiger partial charge in [0.05, 0.1) is 44.6 Å². The van der Waals surface area contributed by atoms with Crippen LogP contribution in [0.1, 0.15) is 18.7 Å². The predicted octanol–water partition coefficient (Wildman–Crippen LogP) is 0.445. The molecule has 0 aromatic carbocycles. The Balaban J connectivity index is 1.22. The second kappa shape index (κ2) is 11.8. The van der Waals surface area contributed by atoms with E-state index in [0.29, 0.717) is 11.2 Å². The number of rotatable bonds is 3. The van der Waals surface area contributed by atoms with Crippen LogP contribution in [0.25, 0.3) is 22.3 Å². The third-order valence-corrected chi connectivity index (χ3v) is 11.5. The van der Waals surface area contributed by atoms with Gasteiger partial charge in [0, 0.05) is 11.8 Å². The van der Waals surface area contributed by atoms with Crippen molar-refractivity contribution in [2.75, 3.05) is 31.3 Å². The van der Waals surface area contributed by atoms with Crippen LogP contribution in [-0.2, 0) is 32.0 Å². The van der Waals surface area contributed by atoms with Gasteiger partial charge in [0.15, 0.2) is 28.9 Å². The lowest BCUT2D eigenvalue weighted by atomic mass is 9.99. The summed E-state index contributed by atoms with van der Waals surface area (Å²) in [6.45, 7) is -9.84. The van der Waals surface area contributed by atoms with E-state index in [1.807, 2.05) is 0 Å². The van der Waals surface area contributed by atoms with Crippen molar-refractivity contribution in [3.8, 4) is 0 Å². The molecule has 0 spiro atoms. The zero-order valence-corrected chi connectivity index (χ0v) is 27.0. The fraction of sp³-hybridized carbons (Fsp3) is 0.545.